The molecule has 20 heavy (non-hydrogen) atoms. The second-order valence-electron chi connectivity index (χ2n) is 7.72. The van der Waals surface area contributed by atoms with Crippen LogP contribution in [0, 0.1) is 5.41 Å². The van der Waals surface area contributed by atoms with Crippen molar-refractivity contribution in [3.63, 3.8) is 0 Å². The molecule has 0 spiro atoms. The summed E-state index contributed by atoms with van der Waals surface area (Å²) in [6, 6.07) is 6.36. The second-order valence-corrected chi connectivity index (χ2v) is 8.12. The number of halogens is 1. The predicted octanol–water partition coefficient (Wildman–Crippen LogP) is 5.29. The minimum Gasteiger partial charge on any atom is -0.395 e. The van der Waals surface area contributed by atoms with E-state index in [2.05, 4.69) is 26.0 Å². The van der Waals surface area contributed by atoms with Crippen LogP contribution in [-0.4, -0.2) is 11.7 Å². The smallest absolute Gasteiger partial charge is 0.0522 e. The van der Waals surface area contributed by atoms with Crippen LogP contribution in [0.25, 0.3) is 0 Å². The van der Waals surface area contributed by atoms with Gasteiger partial charge in [0, 0.05) is 10.4 Å². The summed E-state index contributed by atoms with van der Waals surface area (Å²) < 4.78 is 0. The van der Waals surface area contributed by atoms with Gasteiger partial charge in [-0.15, -0.1) is 0 Å². The Labute approximate surface area is 128 Å². The molecule has 0 saturated heterocycles. The van der Waals surface area contributed by atoms with E-state index in [0.29, 0.717) is 11.3 Å². The van der Waals surface area contributed by atoms with Crippen LogP contribution < -0.4 is 0 Å². The molecule has 1 saturated carbocycles. The van der Waals surface area contributed by atoms with Crippen LogP contribution in [0.4, 0.5) is 0 Å². The SMILES string of the molecule is CC1(C)CCC(c2ccc(C(C)(C)CO)cc2Cl)CC1. The van der Waals surface area contributed by atoms with E-state index in [9.17, 15) is 5.11 Å². The Morgan fingerprint density at radius 2 is 1.85 bits per heavy atom. The Morgan fingerprint density at radius 1 is 1.25 bits per heavy atom. The van der Waals surface area contributed by atoms with E-state index < -0.39 is 0 Å². The Kier molecular flexibility index (Phi) is 4.51. The normalized spacial score (nSPS) is 20.1. The van der Waals surface area contributed by atoms with E-state index in [0.717, 1.165) is 10.6 Å². The average molecular weight is 295 g/mol. The molecule has 1 aliphatic carbocycles. The van der Waals surface area contributed by atoms with Gasteiger partial charge in [0.1, 0.15) is 0 Å². The van der Waals surface area contributed by atoms with Crippen LogP contribution in [0.1, 0.15) is 70.4 Å². The fourth-order valence-corrected chi connectivity index (χ4v) is 3.42. The summed E-state index contributed by atoms with van der Waals surface area (Å²) in [5, 5.41) is 10.3. The van der Waals surface area contributed by atoms with Crippen molar-refractivity contribution in [3.05, 3.63) is 34.3 Å². The highest BCUT2D eigenvalue weighted by Crippen LogP contribution is 2.44. The van der Waals surface area contributed by atoms with E-state index in [-0.39, 0.29) is 12.0 Å². The van der Waals surface area contributed by atoms with Gasteiger partial charge in [-0.3, -0.25) is 0 Å². The largest absolute Gasteiger partial charge is 0.395 e. The van der Waals surface area contributed by atoms with Gasteiger partial charge in [0.2, 0.25) is 0 Å². The molecule has 0 amide bonds. The third kappa shape index (κ3) is 3.38. The summed E-state index contributed by atoms with van der Waals surface area (Å²) in [5.41, 5.74) is 2.67. The molecule has 1 N–H and O–H groups in total. The van der Waals surface area contributed by atoms with Crippen molar-refractivity contribution in [2.45, 2.75) is 64.7 Å². The summed E-state index contributed by atoms with van der Waals surface area (Å²) in [4.78, 5) is 0. The number of hydrogen-bond acceptors (Lipinski definition) is 1. The summed E-state index contributed by atoms with van der Waals surface area (Å²) in [7, 11) is 0. The molecule has 1 aromatic rings. The minimum atomic E-state index is -0.225. The number of benzene rings is 1. The molecule has 112 valence electrons. The molecule has 1 aliphatic rings. The highest BCUT2D eigenvalue weighted by atomic mass is 35.5. The van der Waals surface area contributed by atoms with Crippen molar-refractivity contribution in [2.24, 2.45) is 5.41 Å². The van der Waals surface area contributed by atoms with Crippen molar-refractivity contribution in [1.29, 1.82) is 0 Å². The van der Waals surface area contributed by atoms with Crippen LogP contribution in [0.5, 0.6) is 0 Å². The molecule has 0 aliphatic heterocycles. The average Bonchev–Trinajstić information content (AvgIpc) is 2.39. The summed E-state index contributed by atoms with van der Waals surface area (Å²) >= 11 is 6.52. The van der Waals surface area contributed by atoms with E-state index in [1.807, 2.05) is 19.9 Å². The first-order valence-electron chi connectivity index (χ1n) is 7.66. The van der Waals surface area contributed by atoms with E-state index in [4.69, 9.17) is 11.6 Å². The highest BCUT2D eigenvalue weighted by molar-refractivity contribution is 6.31. The van der Waals surface area contributed by atoms with Gasteiger partial charge in [0.15, 0.2) is 0 Å². The first kappa shape index (κ1) is 15.9. The predicted molar refractivity (Wildman–Crippen MR) is 86.6 cm³/mol. The fraction of sp³-hybridized carbons (Fsp3) is 0.667. The fourth-order valence-electron chi connectivity index (χ4n) is 3.08. The van der Waals surface area contributed by atoms with Crippen LogP contribution in [0.2, 0.25) is 5.02 Å². The van der Waals surface area contributed by atoms with Gasteiger partial charge in [-0.2, -0.15) is 0 Å². The Balaban J connectivity index is 2.19. The van der Waals surface area contributed by atoms with Gasteiger partial charge in [-0.25, -0.2) is 0 Å². The maximum absolute atomic E-state index is 9.47. The van der Waals surface area contributed by atoms with E-state index in [1.165, 1.54) is 31.2 Å². The molecule has 0 bridgehead atoms. The van der Waals surface area contributed by atoms with Gasteiger partial charge < -0.3 is 5.11 Å². The second kappa shape index (κ2) is 5.69. The number of aliphatic hydroxyl groups excluding tert-OH is 1. The van der Waals surface area contributed by atoms with E-state index >= 15 is 0 Å². The zero-order chi connectivity index (χ0) is 15.0. The molecule has 2 heteroatoms. The first-order chi connectivity index (χ1) is 9.25. The molecule has 0 atom stereocenters. The lowest BCUT2D eigenvalue weighted by molar-refractivity contribution is 0.218. The molecular weight excluding hydrogens is 268 g/mol. The number of rotatable bonds is 3. The maximum atomic E-state index is 9.47. The lowest BCUT2D eigenvalue weighted by Crippen LogP contribution is -2.23. The highest BCUT2D eigenvalue weighted by Gasteiger charge is 2.29. The molecule has 0 heterocycles. The van der Waals surface area contributed by atoms with Gasteiger partial charge in [-0.05, 0) is 54.2 Å². The third-order valence-electron chi connectivity index (χ3n) is 4.96. The topological polar surface area (TPSA) is 20.2 Å². The molecule has 0 radical (unpaired) electrons. The molecule has 0 unspecified atom stereocenters. The van der Waals surface area contributed by atoms with Crippen molar-refractivity contribution in [1.82, 2.24) is 0 Å². The van der Waals surface area contributed by atoms with Gasteiger partial charge >= 0.3 is 0 Å². The lowest BCUT2D eigenvalue weighted by Gasteiger charge is -2.35. The summed E-state index contributed by atoms with van der Waals surface area (Å²) in [6.07, 6.45) is 5.01. The molecule has 1 nitrogen and oxygen atoms in total. The molecular formula is C18H27ClO. The van der Waals surface area contributed by atoms with Gasteiger partial charge in [-0.1, -0.05) is 51.4 Å². The van der Waals surface area contributed by atoms with Crippen molar-refractivity contribution in [2.75, 3.05) is 6.61 Å². The van der Waals surface area contributed by atoms with Crippen LogP contribution >= 0.6 is 11.6 Å². The number of hydrogen-bond donors (Lipinski definition) is 1. The van der Waals surface area contributed by atoms with Gasteiger partial charge in [0.05, 0.1) is 6.61 Å². The molecule has 1 aromatic carbocycles. The van der Waals surface area contributed by atoms with Crippen LogP contribution in [0.15, 0.2) is 18.2 Å². The summed E-state index contributed by atoms with van der Waals surface area (Å²) in [6.45, 7) is 8.94. The van der Waals surface area contributed by atoms with Crippen molar-refractivity contribution < 1.29 is 5.11 Å². The maximum Gasteiger partial charge on any atom is 0.0522 e. The standard InChI is InChI=1S/C18H27ClO/c1-17(2)9-7-13(8-10-17)15-6-5-14(11-16(15)19)18(3,4)12-20/h5-6,11,13,20H,7-10,12H2,1-4H3. The van der Waals surface area contributed by atoms with Gasteiger partial charge in [0.25, 0.3) is 0 Å². The van der Waals surface area contributed by atoms with Crippen molar-refractivity contribution >= 4 is 11.6 Å². The van der Waals surface area contributed by atoms with Crippen molar-refractivity contribution in [3.8, 4) is 0 Å². The summed E-state index contributed by atoms with van der Waals surface area (Å²) in [5.74, 6) is 0.599. The Bertz CT molecular complexity index is 466. The molecule has 1 fully saturated rings. The Hall–Kier alpha value is -0.530. The lowest BCUT2D eigenvalue weighted by atomic mass is 9.71. The van der Waals surface area contributed by atoms with Crippen LogP contribution in [0.3, 0.4) is 0 Å². The minimum absolute atomic E-state index is 0.139. The zero-order valence-corrected chi connectivity index (χ0v) is 13.9. The number of aliphatic hydroxyl groups is 1. The quantitative estimate of drug-likeness (QED) is 0.802. The monoisotopic (exact) mass is 294 g/mol. The third-order valence-corrected chi connectivity index (χ3v) is 5.28. The first-order valence-corrected chi connectivity index (χ1v) is 8.04. The zero-order valence-electron chi connectivity index (χ0n) is 13.2. The Morgan fingerprint density at radius 3 is 2.35 bits per heavy atom. The molecule has 0 aromatic heterocycles. The molecule has 2 rings (SSSR count). The van der Waals surface area contributed by atoms with E-state index in [1.54, 1.807) is 0 Å². The van der Waals surface area contributed by atoms with Crippen LogP contribution in [-0.2, 0) is 5.41 Å².